The number of nitrogens with zero attached hydrogens (tertiary/aromatic N) is 1. The highest BCUT2D eigenvalue weighted by Gasteiger charge is 2.34. The molecule has 1 aromatic rings. The molecule has 0 radical (unpaired) electrons. The highest BCUT2D eigenvalue weighted by atomic mass is 32.2. The van der Waals surface area contributed by atoms with Crippen LogP contribution in [0.15, 0.2) is 29.2 Å². The van der Waals surface area contributed by atoms with Crippen LogP contribution < -0.4 is 10.1 Å². The molecule has 2 rings (SSSR count). The van der Waals surface area contributed by atoms with Crippen LogP contribution in [-0.2, 0) is 14.6 Å². The molecule has 0 aromatic heterocycles. The number of halogens is 2. The lowest BCUT2D eigenvalue weighted by atomic mass is 9.80. The normalized spacial score (nSPS) is 20.4. The van der Waals surface area contributed by atoms with Crippen molar-refractivity contribution < 1.29 is 26.7 Å². The van der Waals surface area contributed by atoms with Gasteiger partial charge < -0.3 is 10.1 Å². The van der Waals surface area contributed by atoms with E-state index in [1.807, 2.05) is 6.07 Å². The maximum absolute atomic E-state index is 12.6. The molecule has 142 valence electrons. The van der Waals surface area contributed by atoms with Crippen molar-refractivity contribution in [2.45, 2.75) is 37.2 Å². The number of hydrogen-bond donors (Lipinski definition) is 1. The van der Waals surface area contributed by atoms with Gasteiger partial charge in [-0.15, -0.1) is 0 Å². The van der Waals surface area contributed by atoms with Gasteiger partial charge >= 0.3 is 6.61 Å². The van der Waals surface area contributed by atoms with Crippen molar-refractivity contribution in [2.75, 3.05) is 12.3 Å². The molecular weight excluding hydrogens is 366 g/mol. The van der Waals surface area contributed by atoms with Crippen LogP contribution in [0.2, 0.25) is 0 Å². The average Bonchev–Trinajstić information content (AvgIpc) is 2.59. The molecule has 1 amide bonds. The first-order valence-electron chi connectivity index (χ1n) is 8.26. The molecule has 6 nitrogen and oxygen atoms in total. The van der Waals surface area contributed by atoms with Gasteiger partial charge in [0.2, 0.25) is 5.91 Å². The molecule has 0 unspecified atom stereocenters. The Balaban J connectivity index is 2.10. The Bertz CT molecular complexity index is 760. The summed E-state index contributed by atoms with van der Waals surface area (Å²) in [5, 5.41) is 11.1. The first-order valence-corrected chi connectivity index (χ1v) is 9.91. The van der Waals surface area contributed by atoms with Gasteiger partial charge in [-0.3, -0.25) is 4.79 Å². The summed E-state index contributed by atoms with van der Waals surface area (Å²) in [4.78, 5) is 12.2. The molecule has 2 atom stereocenters. The third kappa shape index (κ3) is 5.39. The number of ether oxygens (including phenoxy) is 1. The Morgan fingerprint density at radius 1 is 1.27 bits per heavy atom. The van der Waals surface area contributed by atoms with Crippen LogP contribution in [0.3, 0.4) is 0 Å². The molecule has 1 aliphatic rings. The summed E-state index contributed by atoms with van der Waals surface area (Å²) >= 11 is 0. The fraction of sp³-hybridized carbons (Fsp3) is 0.529. The molecule has 9 heteroatoms. The average molecular weight is 386 g/mol. The lowest BCUT2D eigenvalue weighted by Crippen LogP contribution is -2.39. The topological polar surface area (TPSA) is 96.3 Å². The van der Waals surface area contributed by atoms with Crippen molar-refractivity contribution in [1.82, 2.24) is 5.32 Å². The van der Waals surface area contributed by atoms with E-state index in [9.17, 15) is 22.0 Å². The summed E-state index contributed by atoms with van der Waals surface area (Å²) in [6.07, 6.45) is 2.86. The van der Waals surface area contributed by atoms with Crippen molar-refractivity contribution in [1.29, 1.82) is 5.26 Å². The van der Waals surface area contributed by atoms with Crippen LogP contribution in [0, 0.1) is 23.2 Å². The molecule has 1 aromatic carbocycles. The van der Waals surface area contributed by atoms with E-state index in [2.05, 4.69) is 10.1 Å². The lowest BCUT2D eigenvalue weighted by molar-refractivity contribution is -0.127. The predicted molar refractivity (Wildman–Crippen MR) is 89.2 cm³/mol. The highest BCUT2D eigenvalue weighted by Crippen LogP contribution is 2.33. The minimum Gasteiger partial charge on any atom is -0.435 e. The van der Waals surface area contributed by atoms with E-state index in [1.54, 1.807) is 0 Å². The summed E-state index contributed by atoms with van der Waals surface area (Å²) < 4.78 is 53.8. The molecule has 0 bridgehead atoms. The molecule has 0 saturated heterocycles. The second-order valence-electron chi connectivity index (χ2n) is 6.16. The van der Waals surface area contributed by atoms with Crippen molar-refractivity contribution in [3.8, 4) is 11.8 Å². The van der Waals surface area contributed by atoms with Crippen molar-refractivity contribution in [3.63, 3.8) is 0 Å². The van der Waals surface area contributed by atoms with Gasteiger partial charge in [-0.1, -0.05) is 12.8 Å². The lowest BCUT2D eigenvalue weighted by Gasteiger charge is -2.30. The van der Waals surface area contributed by atoms with Gasteiger partial charge in [0.25, 0.3) is 0 Å². The van der Waals surface area contributed by atoms with Crippen LogP contribution in [0.4, 0.5) is 8.78 Å². The molecular formula is C17H20F2N2O4S. The molecule has 26 heavy (non-hydrogen) atoms. The third-order valence-electron chi connectivity index (χ3n) is 4.43. The van der Waals surface area contributed by atoms with E-state index >= 15 is 0 Å². The molecule has 1 aliphatic carbocycles. The summed E-state index contributed by atoms with van der Waals surface area (Å²) in [5.41, 5.74) is 0. The van der Waals surface area contributed by atoms with Crippen LogP contribution in [-0.4, -0.2) is 33.2 Å². The van der Waals surface area contributed by atoms with E-state index in [0.29, 0.717) is 12.8 Å². The number of rotatable bonds is 7. The molecule has 1 fully saturated rings. The second kappa shape index (κ2) is 8.94. The number of benzene rings is 1. The second-order valence-corrected chi connectivity index (χ2v) is 8.19. The molecule has 0 heterocycles. The molecule has 1 saturated carbocycles. The number of nitriles is 1. The number of hydrogen-bond acceptors (Lipinski definition) is 5. The number of sulfone groups is 1. The summed E-state index contributed by atoms with van der Waals surface area (Å²) in [7, 11) is -3.68. The largest absolute Gasteiger partial charge is 0.435 e. The fourth-order valence-corrected chi connectivity index (χ4v) is 4.92. The first-order chi connectivity index (χ1) is 12.3. The van der Waals surface area contributed by atoms with Crippen LogP contribution in [0.25, 0.3) is 0 Å². The molecule has 0 aliphatic heterocycles. The number of nitrogens with one attached hydrogen (secondary N) is 1. The smallest absolute Gasteiger partial charge is 0.387 e. The maximum Gasteiger partial charge on any atom is 0.387 e. The van der Waals surface area contributed by atoms with E-state index in [0.717, 1.165) is 12.8 Å². The number of amides is 1. The zero-order valence-electron chi connectivity index (χ0n) is 14.0. The Morgan fingerprint density at radius 2 is 1.92 bits per heavy atom. The van der Waals surface area contributed by atoms with Crippen molar-refractivity contribution >= 4 is 15.7 Å². The zero-order valence-corrected chi connectivity index (χ0v) is 14.8. The fourth-order valence-electron chi connectivity index (χ4n) is 3.22. The Kier molecular flexibility index (Phi) is 6.91. The number of alkyl halides is 2. The Morgan fingerprint density at radius 3 is 2.54 bits per heavy atom. The highest BCUT2D eigenvalue weighted by molar-refractivity contribution is 7.91. The Hall–Kier alpha value is -2.21. The van der Waals surface area contributed by atoms with E-state index in [1.165, 1.54) is 24.3 Å². The maximum atomic E-state index is 12.6. The van der Waals surface area contributed by atoms with Gasteiger partial charge in [-0.05, 0) is 43.0 Å². The van der Waals surface area contributed by atoms with E-state index in [4.69, 9.17) is 5.26 Å². The zero-order chi connectivity index (χ0) is 19.2. The molecule has 1 N–H and O–H groups in total. The van der Waals surface area contributed by atoms with Crippen molar-refractivity contribution in [3.05, 3.63) is 24.3 Å². The third-order valence-corrected chi connectivity index (χ3v) is 6.29. The van der Waals surface area contributed by atoms with Crippen molar-refractivity contribution in [2.24, 2.45) is 11.8 Å². The minimum atomic E-state index is -3.68. The number of carbonyl (C=O) groups is 1. The van der Waals surface area contributed by atoms with Gasteiger partial charge in [0, 0.05) is 5.92 Å². The van der Waals surface area contributed by atoms with E-state index in [-0.39, 0.29) is 34.8 Å². The van der Waals surface area contributed by atoms with Gasteiger partial charge in [-0.2, -0.15) is 14.0 Å². The van der Waals surface area contributed by atoms with Gasteiger partial charge in [-0.25, -0.2) is 8.42 Å². The summed E-state index contributed by atoms with van der Waals surface area (Å²) in [6, 6.07) is 6.63. The Labute approximate surface area is 151 Å². The van der Waals surface area contributed by atoms with Crippen LogP contribution >= 0.6 is 0 Å². The standard InChI is InChI=1S/C17H20F2N2O4S/c18-17(19)25-13-5-7-14(8-6-13)26(23,24)11-12-3-1-2-4-15(12)16(22)21-10-9-20/h5-8,12,15,17H,1-4,10-11H2,(H,21,22)/t12-,15+/m0/s1. The van der Waals surface area contributed by atoms with Gasteiger partial charge in [0.05, 0.1) is 16.7 Å². The quantitative estimate of drug-likeness (QED) is 0.727. The number of carbonyl (C=O) groups excluding carboxylic acids is 1. The molecule has 0 spiro atoms. The monoisotopic (exact) mass is 386 g/mol. The predicted octanol–water partition coefficient (Wildman–Crippen LogP) is 2.51. The first kappa shape index (κ1) is 20.1. The van der Waals surface area contributed by atoms with Gasteiger partial charge in [0.15, 0.2) is 9.84 Å². The summed E-state index contributed by atoms with van der Waals surface area (Å²) in [6.45, 7) is -3.09. The van der Waals surface area contributed by atoms with Crippen LogP contribution in [0.1, 0.15) is 25.7 Å². The van der Waals surface area contributed by atoms with E-state index < -0.39 is 22.4 Å². The van der Waals surface area contributed by atoms with Crippen LogP contribution in [0.5, 0.6) is 5.75 Å². The summed E-state index contributed by atoms with van der Waals surface area (Å²) in [5.74, 6) is -1.41. The SMILES string of the molecule is N#CCNC(=O)[C@@H]1CCCC[C@H]1CS(=O)(=O)c1ccc(OC(F)F)cc1. The van der Waals surface area contributed by atoms with Gasteiger partial charge in [0.1, 0.15) is 12.3 Å². The minimum absolute atomic E-state index is 0.000808.